The second kappa shape index (κ2) is 4.10. The number of thioether (sulfide) groups is 1. The molecular formula is C8H12F2S. The maximum absolute atomic E-state index is 11.7. The zero-order valence-corrected chi connectivity index (χ0v) is 7.33. The lowest BCUT2D eigenvalue weighted by Crippen LogP contribution is -2.02. The fourth-order valence-corrected chi connectivity index (χ4v) is 2.10. The van der Waals surface area contributed by atoms with Crippen LogP contribution in [0, 0.1) is 5.92 Å². The molecule has 0 N–H and O–H groups in total. The summed E-state index contributed by atoms with van der Waals surface area (Å²) in [4.78, 5) is 0. The van der Waals surface area contributed by atoms with E-state index in [2.05, 4.69) is 0 Å². The molecule has 0 aromatic heterocycles. The third-order valence-corrected chi connectivity index (χ3v) is 3.14. The highest BCUT2D eigenvalue weighted by Crippen LogP contribution is 2.40. The lowest BCUT2D eigenvalue weighted by Gasteiger charge is -2.08. The third-order valence-electron chi connectivity index (χ3n) is 1.96. The van der Waals surface area contributed by atoms with Gasteiger partial charge in [-0.2, -0.15) is 20.5 Å². The van der Waals surface area contributed by atoms with Crippen molar-refractivity contribution in [1.82, 2.24) is 0 Å². The van der Waals surface area contributed by atoms with E-state index < -0.39 is 6.08 Å². The third kappa shape index (κ3) is 3.23. The van der Waals surface area contributed by atoms with Crippen LogP contribution in [-0.2, 0) is 0 Å². The average Bonchev–Trinajstić information content (AvgIpc) is 2.72. The first-order valence-corrected chi connectivity index (χ1v) is 5.06. The van der Waals surface area contributed by atoms with Gasteiger partial charge in [0.25, 0.3) is 6.08 Å². The Bertz CT molecular complexity index is 148. The Labute approximate surface area is 70.1 Å². The average molecular weight is 178 g/mol. The zero-order valence-electron chi connectivity index (χ0n) is 6.52. The van der Waals surface area contributed by atoms with Crippen LogP contribution >= 0.6 is 11.8 Å². The molecule has 1 aliphatic rings. The quantitative estimate of drug-likeness (QED) is 0.636. The van der Waals surface area contributed by atoms with Gasteiger partial charge in [0, 0.05) is 5.25 Å². The Morgan fingerprint density at radius 3 is 2.64 bits per heavy atom. The first kappa shape index (κ1) is 9.04. The Balaban J connectivity index is 2.25. The van der Waals surface area contributed by atoms with Crippen molar-refractivity contribution >= 4 is 11.8 Å². The van der Waals surface area contributed by atoms with Crippen molar-refractivity contribution in [3.05, 3.63) is 12.2 Å². The molecule has 0 aliphatic heterocycles. The van der Waals surface area contributed by atoms with Crippen LogP contribution in [-0.4, -0.2) is 11.5 Å². The van der Waals surface area contributed by atoms with Gasteiger partial charge in [-0.3, -0.25) is 0 Å². The number of allylic oxidation sites excluding steroid dienone is 1. The molecule has 0 bridgehead atoms. The fraction of sp³-hybridized carbons (Fsp3) is 0.750. The Morgan fingerprint density at radius 2 is 2.27 bits per heavy atom. The second-order valence-electron chi connectivity index (χ2n) is 2.84. The summed E-state index contributed by atoms with van der Waals surface area (Å²) < 4.78 is 23.3. The minimum atomic E-state index is -1.54. The van der Waals surface area contributed by atoms with E-state index in [1.165, 1.54) is 12.8 Å². The highest BCUT2D eigenvalue weighted by molar-refractivity contribution is 7.99. The van der Waals surface area contributed by atoms with Crippen molar-refractivity contribution in [3.8, 4) is 0 Å². The molecule has 1 aliphatic carbocycles. The van der Waals surface area contributed by atoms with Crippen LogP contribution in [0.5, 0.6) is 0 Å². The van der Waals surface area contributed by atoms with Gasteiger partial charge in [-0.05, 0) is 37.5 Å². The van der Waals surface area contributed by atoms with Gasteiger partial charge in [-0.15, -0.1) is 0 Å². The van der Waals surface area contributed by atoms with E-state index in [1.54, 1.807) is 11.8 Å². The van der Waals surface area contributed by atoms with Crippen molar-refractivity contribution in [2.75, 3.05) is 6.26 Å². The monoisotopic (exact) mass is 178 g/mol. The van der Waals surface area contributed by atoms with Gasteiger partial charge in [0.05, 0.1) is 0 Å². The van der Waals surface area contributed by atoms with E-state index in [9.17, 15) is 8.78 Å². The van der Waals surface area contributed by atoms with Crippen LogP contribution < -0.4 is 0 Å². The van der Waals surface area contributed by atoms with E-state index in [0.29, 0.717) is 17.6 Å². The summed E-state index contributed by atoms with van der Waals surface area (Å²) in [5.74, 6) is 0.709. The molecule has 0 spiro atoms. The highest BCUT2D eigenvalue weighted by Gasteiger charge is 2.29. The SMILES string of the molecule is CSC(CC=C(F)F)C1CC1. The van der Waals surface area contributed by atoms with Crippen molar-refractivity contribution in [2.24, 2.45) is 5.92 Å². The molecular weight excluding hydrogens is 166 g/mol. The molecule has 0 aromatic rings. The van der Waals surface area contributed by atoms with Gasteiger partial charge in [0.15, 0.2) is 0 Å². The molecule has 0 amide bonds. The summed E-state index contributed by atoms with van der Waals surface area (Å²) in [6.07, 6.45) is 4.49. The van der Waals surface area contributed by atoms with Crippen molar-refractivity contribution in [1.29, 1.82) is 0 Å². The molecule has 3 heteroatoms. The minimum Gasteiger partial charge on any atom is -0.174 e. The van der Waals surface area contributed by atoms with Crippen LogP contribution in [0.1, 0.15) is 19.3 Å². The molecule has 1 fully saturated rings. The van der Waals surface area contributed by atoms with Gasteiger partial charge < -0.3 is 0 Å². The molecule has 1 atom stereocenters. The topological polar surface area (TPSA) is 0 Å². The molecule has 1 rings (SSSR count). The van der Waals surface area contributed by atoms with E-state index in [4.69, 9.17) is 0 Å². The summed E-state index contributed by atoms with van der Waals surface area (Å²) in [6.45, 7) is 0. The van der Waals surface area contributed by atoms with Gasteiger partial charge in [-0.25, -0.2) is 0 Å². The van der Waals surface area contributed by atoms with Crippen LogP contribution in [0.2, 0.25) is 0 Å². The molecule has 0 heterocycles. The number of halogens is 2. The molecule has 1 saturated carbocycles. The van der Waals surface area contributed by atoms with E-state index in [0.717, 1.165) is 6.08 Å². The molecule has 0 aromatic carbocycles. The largest absolute Gasteiger partial charge is 0.266 e. The lowest BCUT2D eigenvalue weighted by molar-refractivity contribution is 0.416. The van der Waals surface area contributed by atoms with Gasteiger partial charge in [-0.1, -0.05) is 0 Å². The molecule has 11 heavy (non-hydrogen) atoms. The zero-order chi connectivity index (χ0) is 8.27. The predicted octanol–water partition coefficient (Wildman–Crippen LogP) is 3.30. The second-order valence-corrected chi connectivity index (χ2v) is 3.92. The molecule has 64 valence electrons. The van der Waals surface area contributed by atoms with Crippen molar-refractivity contribution in [3.63, 3.8) is 0 Å². The fourth-order valence-electron chi connectivity index (χ4n) is 1.15. The lowest BCUT2D eigenvalue weighted by atomic mass is 10.2. The minimum absolute atomic E-state index is 0.427. The van der Waals surface area contributed by atoms with Crippen LogP contribution in [0.3, 0.4) is 0 Å². The predicted molar refractivity (Wildman–Crippen MR) is 44.9 cm³/mol. The maximum atomic E-state index is 11.7. The van der Waals surface area contributed by atoms with Crippen molar-refractivity contribution in [2.45, 2.75) is 24.5 Å². The summed E-state index contributed by atoms with van der Waals surface area (Å²) in [7, 11) is 0. The number of rotatable bonds is 4. The number of hydrogen-bond donors (Lipinski definition) is 0. The summed E-state index contributed by atoms with van der Waals surface area (Å²) >= 11 is 1.70. The smallest absolute Gasteiger partial charge is 0.174 e. The summed E-state index contributed by atoms with van der Waals surface area (Å²) in [5.41, 5.74) is 0. The highest BCUT2D eigenvalue weighted by atomic mass is 32.2. The van der Waals surface area contributed by atoms with Gasteiger partial charge >= 0.3 is 0 Å². The number of hydrogen-bond acceptors (Lipinski definition) is 1. The maximum Gasteiger partial charge on any atom is 0.266 e. The molecule has 0 radical (unpaired) electrons. The molecule has 0 saturated heterocycles. The molecule has 1 unspecified atom stereocenters. The standard InChI is InChI=1S/C8H12F2S/c1-11-7(6-2-3-6)4-5-8(9)10/h5-7H,2-4H2,1H3. The Hall–Kier alpha value is -0.0500. The van der Waals surface area contributed by atoms with Crippen molar-refractivity contribution < 1.29 is 8.78 Å². The van der Waals surface area contributed by atoms with E-state index in [-0.39, 0.29) is 0 Å². The Kier molecular flexibility index (Phi) is 3.37. The normalized spacial score (nSPS) is 19.5. The molecule has 0 nitrogen and oxygen atoms in total. The first-order valence-electron chi connectivity index (χ1n) is 3.78. The van der Waals surface area contributed by atoms with Crippen LogP contribution in [0.4, 0.5) is 8.78 Å². The van der Waals surface area contributed by atoms with Crippen LogP contribution in [0.15, 0.2) is 12.2 Å². The van der Waals surface area contributed by atoms with E-state index in [1.807, 2.05) is 6.26 Å². The summed E-state index contributed by atoms with van der Waals surface area (Å²) in [5, 5.41) is 0.427. The first-order chi connectivity index (χ1) is 5.24. The van der Waals surface area contributed by atoms with Crippen LogP contribution in [0.25, 0.3) is 0 Å². The Morgan fingerprint density at radius 1 is 1.64 bits per heavy atom. The van der Waals surface area contributed by atoms with Gasteiger partial charge in [0.1, 0.15) is 0 Å². The van der Waals surface area contributed by atoms with Gasteiger partial charge in [0.2, 0.25) is 0 Å². The van der Waals surface area contributed by atoms with E-state index >= 15 is 0 Å². The summed E-state index contributed by atoms with van der Waals surface area (Å²) in [6, 6.07) is 0.